The Hall–Kier alpha value is -1.82. The number of hydrogen-bond acceptors (Lipinski definition) is 5. The third-order valence-corrected chi connectivity index (χ3v) is 4.44. The van der Waals surface area contributed by atoms with Crippen LogP contribution in [0.2, 0.25) is 0 Å². The number of carbonyl (C=O) groups is 1. The lowest BCUT2D eigenvalue weighted by molar-refractivity contribution is -0.124. The van der Waals surface area contributed by atoms with Gasteiger partial charge >= 0.3 is 0 Å². The van der Waals surface area contributed by atoms with E-state index in [2.05, 4.69) is 15.2 Å². The third kappa shape index (κ3) is 2.35. The molecule has 5 nitrogen and oxygen atoms in total. The van der Waals surface area contributed by atoms with Gasteiger partial charge in [-0.15, -0.1) is 10.2 Å². The highest BCUT2D eigenvalue weighted by molar-refractivity contribution is 7.18. The Kier molecular flexibility index (Phi) is 3.25. The second-order valence-corrected chi connectivity index (χ2v) is 5.61. The van der Waals surface area contributed by atoms with Gasteiger partial charge in [0, 0.05) is 30.9 Å². The standard InChI is InChI=1S/C13H14N4OS/c1-17(12(18)9-4-2-5-9)13-16-15-11(19-13)10-6-3-7-14-8-10/h3,6-9H,2,4-5H2,1H3. The maximum Gasteiger partial charge on any atom is 0.231 e. The van der Waals surface area contributed by atoms with Gasteiger partial charge in [0.25, 0.3) is 0 Å². The summed E-state index contributed by atoms with van der Waals surface area (Å²) in [4.78, 5) is 17.8. The van der Waals surface area contributed by atoms with Crippen LogP contribution >= 0.6 is 11.3 Å². The summed E-state index contributed by atoms with van der Waals surface area (Å²) in [5.41, 5.74) is 0.927. The van der Waals surface area contributed by atoms with Gasteiger partial charge in [-0.05, 0) is 25.0 Å². The topological polar surface area (TPSA) is 59.0 Å². The summed E-state index contributed by atoms with van der Waals surface area (Å²) in [7, 11) is 1.77. The van der Waals surface area contributed by atoms with E-state index in [1.165, 1.54) is 11.3 Å². The third-order valence-electron chi connectivity index (χ3n) is 3.39. The van der Waals surface area contributed by atoms with Gasteiger partial charge < -0.3 is 0 Å². The second kappa shape index (κ2) is 5.05. The summed E-state index contributed by atoms with van der Waals surface area (Å²) in [6.45, 7) is 0. The minimum Gasteiger partial charge on any atom is -0.290 e. The molecule has 0 unspecified atom stereocenters. The fraction of sp³-hybridized carbons (Fsp3) is 0.385. The molecule has 6 heteroatoms. The molecule has 0 N–H and O–H groups in total. The maximum atomic E-state index is 12.1. The van der Waals surface area contributed by atoms with Crippen molar-refractivity contribution in [2.45, 2.75) is 19.3 Å². The van der Waals surface area contributed by atoms with E-state index in [1.807, 2.05) is 12.1 Å². The predicted octanol–water partition coefficient (Wildman–Crippen LogP) is 2.36. The molecule has 1 saturated carbocycles. The number of aromatic nitrogens is 3. The van der Waals surface area contributed by atoms with Crippen molar-refractivity contribution in [1.29, 1.82) is 0 Å². The Bertz CT molecular complexity index is 579. The van der Waals surface area contributed by atoms with Crippen LogP contribution in [0.1, 0.15) is 19.3 Å². The molecule has 0 aliphatic heterocycles. The Balaban J connectivity index is 1.79. The number of carbonyl (C=O) groups excluding carboxylic acids is 1. The smallest absolute Gasteiger partial charge is 0.231 e. The van der Waals surface area contributed by atoms with E-state index in [0.717, 1.165) is 29.8 Å². The molecule has 0 aromatic carbocycles. The predicted molar refractivity (Wildman–Crippen MR) is 73.9 cm³/mol. The molecular formula is C13H14N4OS. The number of nitrogens with zero attached hydrogens (tertiary/aromatic N) is 4. The summed E-state index contributed by atoms with van der Waals surface area (Å²) >= 11 is 1.42. The Morgan fingerprint density at radius 1 is 1.42 bits per heavy atom. The summed E-state index contributed by atoms with van der Waals surface area (Å²) in [5.74, 6) is 0.330. The lowest BCUT2D eigenvalue weighted by atomic mass is 9.84. The lowest BCUT2D eigenvalue weighted by Gasteiger charge is -2.27. The molecule has 1 aliphatic rings. The molecule has 2 aromatic heterocycles. The summed E-state index contributed by atoms with van der Waals surface area (Å²) in [5, 5.41) is 9.67. The van der Waals surface area contributed by atoms with Crippen LogP contribution < -0.4 is 4.90 Å². The highest BCUT2D eigenvalue weighted by Crippen LogP contribution is 2.32. The van der Waals surface area contributed by atoms with Crippen molar-refractivity contribution in [2.24, 2.45) is 5.92 Å². The summed E-state index contributed by atoms with van der Waals surface area (Å²) in [6.07, 6.45) is 6.62. The van der Waals surface area contributed by atoms with E-state index < -0.39 is 0 Å². The maximum absolute atomic E-state index is 12.1. The molecule has 0 radical (unpaired) electrons. The van der Waals surface area contributed by atoms with Gasteiger partial charge in [-0.1, -0.05) is 17.8 Å². The van der Waals surface area contributed by atoms with Crippen molar-refractivity contribution >= 4 is 22.4 Å². The SMILES string of the molecule is CN(C(=O)C1CCC1)c1nnc(-c2cccnc2)s1. The van der Waals surface area contributed by atoms with Crippen LogP contribution in [-0.4, -0.2) is 28.1 Å². The first-order valence-electron chi connectivity index (χ1n) is 6.27. The average Bonchev–Trinajstić information content (AvgIpc) is 2.86. The molecule has 1 fully saturated rings. The highest BCUT2D eigenvalue weighted by atomic mass is 32.1. The molecule has 2 heterocycles. The monoisotopic (exact) mass is 274 g/mol. The van der Waals surface area contributed by atoms with Crippen LogP contribution in [0.25, 0.3) is 10.6 Å². The molecule has 1 aliphatic carbocycles. The molecule has 2 aromatic rings. The molecular weight excluding hydrogens is 260 g/mol. The molecule has 19 heavy (non-hydrogen) atoms. The first kappa shape index (κ1) is 12.2. The van der Waals surface area contributed by atoms with Crippen molar-refractivity contribution < 1.29 is 4.79 Å². The second-order valence-electron chi connectivity index (χ2n) is 4.66. The molecule has 0 bridgehead atoms. The van der Waals surface area contributed by atoms with Gasteiger partial charge in [-0.25, -0.2) is 0 Å². The Morgan fingerprint density at radius 2 is 2.26 bits per heavy atom. The molecule has 0 atom stereocenters. The van der Waals surface area contributed by atoms with Crippen LogP contribution in [0.3, 0.4) is 0 Å². The first-order chi connectivity index (χ1) is 9.25. The van der Waals surface area contributed by atoms with E-state index in [4.69, 9.17) is 0 Å². The normalized spacial score (nSPS) is 15.0. The zero-order valence-electron chi connectivity index (χ0n) is 10.6. The van der Waals surface area contributed by atoms with E-state index in [0.29, 0.717) is 5.13 Å². The van der Waals surface area contributed by atoms with Gasteiger partial charge in [-0.2, -0.15) is 0 Å². The van der Waals surface area contributed by atoms with Crippen molar-refractivity contribution in [1.82, 2.24) is 15.2 Å². The average molecular weight is 274 g/mol. The Morgan fingerprint density at radius 3 is 2.89 bits per heavy atom. The minimum atomic E-state index is 0.153. The van der Waals surface area contributed by atoms with Crippen molar-refractivity contribution in [3.63, 3.8) is 0 Å². The van der Waals surface area contributed by atoms with Crippen molar-refractivity contribution in [3.05, 3.63) is 24.5 Å². The number of rotatable bonds is 3. The summed E-state index contributed by atoms with van der Waals surface area (Å²) < 4.78 is 0. The fourth-order valence-electron chi connectivity index (χ4n) is 1.98. The molecule has 3 rings (SSSR count). The quantitative estimate of drug-likeness (QED) is 0.862. The van der Waals surface area contributed by atoms with E-state index in [-0.39, 0.29) is 11.8 Å². The molecule has 0 saturated heterocycles. The number of anilines is 1. The van der Waals surface area contributed by atoms with Crippen molar-refractivity contribution in [3.8, 4) is 10.6 Å². The molecule has 0 spiro atoms. The minimum absolute atomic E-state index is 0.153. The fourth-order valence-corrected chi connectivity index (χ4v) is 2.78. The van der Waals surface area contributed by atoms with E-state index in [1.54, 1.807) is 24.3 Å². The van der Waals surface area contributed by atoms with Crippen LogP contribution in [-0.2, 0) is 4.79 Å². The van der Waals surface area contributed by atoms with Gasteiger partial charge in [-0.3, -0.25) is 14.7 Å². The van der Waals surface area contributed by atoms with Crippen LogP contribution in [0.5, 0.6) is 0 Å². The van der Waals surface area contributed by atoms with Crippen molar-refractivity contribution in [2.75, 3.05) is 11.9 Å². The van der Waals surface area contributed by atoms with Crippen LogP contribution in [0.15, 0.2) is 24.5 Å². The zero-order valence-corrected chi connectivity index (χ0v) is 11.4. The number of hydrogen-bond donors (Lipinski definition) is 0. The first-order valence-corrected chi connectivity index (χ1v) is 7.09. The number of pyridine rings is 1. The van der Waals surface area contributed by atoms with Gasteiger partial charge in [0.2, 0.25) is 11.0 Å². The molecule has 1 amide bonds. The largest absolute Gasteiger partial charge is 0.290 e. The van der Waals surface area contributed by atoms with Crippen LogP contribution in [0, 0.1) is 5.92 Å². The zero-order chi connectivity index (χ0) is 13.2. The Labute approximate surface area is 115 Å². The summed E-state index contributed by atoms with van der Waals surface area (Å²) in [6, 6.07) is 3.80. The van der Waals surface area contributed by atoms with E-state index >= 15 is 0 Å². The molecule has 98 valence electrons. The van der Waals surface area contributed by atoms with E-state index in [9.17, 15) is 4.79 Å². The number of amides is 1. The van der Waals surface area contributed by atoms with Gasteiger partial charge in [0.05, 0.1) is 0 Å². The lowest BCUT2D eigenvalue weighted by Crippen LogP contribution is -2.36. The highest BCUT2D eigenvalue weighted by Gasteiger charge is 2.29. The van der Waals surface area contributed by atoms with Gasteiger partial charge in [0.1, 0.15) is 0 Å². The van der Waals surface area contributed by atoms with Crippen LogP contribution in [0.4, 0.5) is 5.13 Å². The van der Waals surface area contributed by atoms with Gasteiger partial charge in [0.15, 0.2) is 5.01 Å².